The molecular weight excluding hydrogens is 223 g/mol. The molecule has 0 aliphatic heterocycles. The van der Waals surface area contributed by atoms with E-state index in [9.17, 15) is 4.39 Å². The molecule has 96 valence electrons. The Hall–Kier alpha value is -1.13. The van der Waals surface area contributed by atoms with E-state index in [-0.39, 0.29) is 5.82 Å². The third-order valence-corrected chi connectivity index (χ3v) is 2.28. The number of methoxy groups -OCH3 is 1. The van der Waals surface area contributed by atoms with Crippen molar-refractivity contribution in [3.63, 3.8) is 0 Å². The maximum Gasteiger partial charge on any atom is 0.129 e. The average Bonchev–Trinajstić information content (AvgIpc) is 2.32. The molecule has 0 saturated heterocycles. The van der Waals surface area contributed by atoms with Crippen LogP contribution < -0.4 is 4.74 Å². The Balaban J connectivity index is 2.11. The van der Waals surface area contributed by atoms with Gasteiger partial charge in [0.1, 0.15) is 18.2 Å². The summed E-state index contributed by atoms with van der Waals surface area (Å²) in [6.45, 7) is 4.00. The van der Waals surface area contributed by atoms with Gasteiger partial charge in [0, 0.05) is 26.4 Å². The van der Waals surface area contributed by atoms with Gasteiger partial charge in [-0.3, -0.25) is 0 Å². The van der Waals surface area contributed by atoms with Crippen molar-refractivity contribution >= 4 is 0 Å². The molecule has 1 rings (SSSR count). The van der Waals surface area contributed by atoms with Crippen LogP contribution in [0.2, 0.25) is 0 Å². The molecule has 0 bridgehead atoms. The van der Waals surface area contributed by atoms with E-state index < -0.39 is 0 Å². The Morgan fingerprint density at radius 1 is 1.12 bits per heavy atom. The highest BCUT2D eigenvalue weighted by Gasteiger charge is 1.99. The van der Waals surface area contributed by atoms with E-state index in [0.29, 0.717) is 37.7 Å². The number of benzene rings is 1. The lowest BCUT2D eigenvalue weighted by Gasteiger charge is -2.07. The highest BCUT2D eigenvalue weighted by Crippen LogP contribution is 2.15. The Morgan fingerprint density at radius 3 is 2.65 bits per heavy atom. The molecule has 0 aromatic heterocycles. The van der Waals surface area contributed by atoms with Gasteiger partial charge in [0.25, 0.3) is 0 Å². The Kier molecular flexibility index (Phi) is 6.58. The van der Waals surface area contributed by atoms with Crippen molar-refractivity contribution < 1.29 is 18.6 Å². The van der Waals surface area contributed by atoms with E-state index in [4.69, 9.17) is 14.2 Å². The molecule has 0 fully saturated rings. The van der Waals surface area contributed by atoms with Crippen LogP contribution in [-0.2, 0) is 9.47 Å². The van der Waals surface area contributed by atoms with Gasteiger partial charge >= 0.3 is 0 Å². The monoisotopic (exact) mass is 242 g/mol. The Labute approximate surface area is 101 Å². The summed E-state index contributed by atoms with van der Waals surface area (Å²) in [5, 5.41) is 0. The van der Waals surface area contributed by atoms with Crippen molar-refractivity contribution in [3.05, 3.63) is 29.6 Å². The minimum atomic E-state index is -0.247. The average molecular weight is 242 g/mol. The quantitative estimate of drug-likeness (QED) is 0.656. The number of hydrogen-bond acceptors (Lipinski definition) is 3. The molecule has 0 radical (unpaired) electrons. The standard InChI is InChI=1S/C13H19FO3/c1-11-4-5-12(10-13(11)14)17-9-8-16-7-3-6-15-2/h4-5,10H,3,6-9H2,1-2H3. The zero-order valence-electron chi connectivity index (χ0n) is 10.4. The minimum absolute atomic E-state index is 0.247. The molecule has 0 heterocycles. The van der Waals surface area contributed by atoms with Gasteiger partial charge in [0.15, 0.2) is 0 Å². The highest BCUT2D eigenvalue weighted by atomic mass is 19.1. The van der Waals surface area contributed by atoms with Crippen LogP contribution >= 0.6 is 0 Å². The first-order chi connectivity index (χ1) is 8.24. The number of hydrogen-bond donors (Lipinski definition) is 0. The summed E-state index contributed by atoms with van der Waals surface area (Å²) < 4.78 is 28.7. The summed E-state index contributed by atoms with van der Waals surface area (Å²) in [5.41, 5.74) is 0.619. The van der Waals surface area contributed by atoms with Crippen LogP contribution in [0.5, 0.6) is 5.75 Å². The van der Waals surface area contributed by atoms with Crippen LogP contribution in [0.25, 0.3) is 0 Å². The van der Waals surface area contributed by atoms with E-state index >= 15 is 0 Å². The van der Waals surface area contributed by atoms with Crippen molar-refractivity contribution in [1.29, 1.82) is 0 Å². The van der Waals surface area contributed by atoms with Gasteiger partial charge < -0.3 is 14.2 Å². The smallest absolute Gasteiger partial charge is 0.129 e. The van der Waals surface area contributed by atoms with E-state index in [1.54, 1.807) is 26.2 Å². The molecule has 4 heteroatoms. The van der Waals surface area contributed by atoms with Crippen LogP contribution in [-0.4, -0.2) is 33.5 Å². The first kappa shape index (κ1) is 13.9. The lowest BCUT2D eigenvalue weighted by molar-refractivity contribution is 0.0805. The topological polar surface area (TPSA) is 27.7 Å². The Morgan fingerprint density at radius 2 is 1.94 bits per heavy atom. The summed E-state index contributed by atoms with van der Waals surface area (Å²) in [4.78, 5) is 0. The Bertz CT molecular complexity index is 328. The number of halogens is 1. The van der Waals surface area contributed by atoms with Gasteiger partial charge in [-0.2, -0.15) is 0 Å². The van der Waals surface area contributed by atoms with E-state index in [2.05, 4.69) is 0 Å². The normalized spacial score (nSPS) is 10.5. The minimum Gasteiger partial charge on any atom is -0.491 e. The zero-order chi connectivity index (χ0) is 12.5. The van der Waals surface area contributed by atoms with Gasteiger partial charge in [-0.1, -0.05) is 6.07 Å². The third kappa shape index (κ3) is 5.65. The van der Waals surface area contributed by atoms with Crippen LogP contribution in [0.15, 0.2) is 18.2 Å². The highest BCUT2D eigenvalue weighted by molar-refractivity contribution is 5.27. The first-order valence-electron chi connectivity index (χ1n) is 5.69. The fourth-order valence-electron chi connectivity index (χ4n) is 1.29. The SMILES string of the molecule is COCCCOCCOc1ccc(C)c(F)c1. The van der Waals surface area contributed by atoms with Crippen LogP contribution in [0, 0.1) is 12.7 Å². The number of ether oxygens (including phenoxy) is 3. The molecule has 0 N–H and O–H groups in total. The van der Waals surface area contributed by atoms with Crippen LogP contribution in [0.3, 0.4) is 0 Å². The molecule has 0 aliphatic carbocycles. The summed E-state index contributed by atoms with van der Waals surface area (Å²) >= 11 is 0. The van der Waals surface area contributed by atoms with Crippen molar-refractivity contribution in [2.45, 2.75) is 13.3 Å². The number of rotatable bonds is 8. The predicted molar refractivity (Wildman–Crippen MR) is 63.9 cm³/mol. The summed E-state index contributed by atoms with van der Waals surface area (Å²) in [6, 6.07) is 4.84. The molecule has 1 aromatic rings. The lowest BCUT2D eigenvalue weighted by atomic mass is 10.2. The van der Waals surface area contributed by atoms with Gasteiger partial charge in [-0.05, 0) is 25.0 Å². The van der Waals surface area contributed by atoms with Crippen LogP contribution in [0.4, 0.5) is 4.39 Å². The molecule has 0 amide bonds. The van der Waals surface area contributed by atoms with Crippen molar-refractivity contribution in [3.8, 4) is 5.75 Å². The van der Waals surface area contributed by atoms with Crippen LogP contribution in [0.1, 0.15) is 12.0 Å². The lowest BCUT2D eigenvalue weighted by Crippen LogP contribution is -2.08. The fourth-order valence-corrected chi connectivity index (χ4v) is 1.29. The largest absolute Gasteiger partial charge is 0.491 e. The molecule has 0 spiro atoms. The van der Waals surface area contributed by atoms with Gasteiger partial charge in [0.05, 0.1) is 6.61 Å². The summed E-state index contributed by atoms with van der Waals surface area (Å²) in [6.07, 6.45) is 0.871. The molecule has 0 saturated carbocycles. The van der Waals surface area contributed by atoms with Gasteiger partial charge in [-0.15, -0.1) is 0 Å². The second-order valence-electron chi connectivity index (χ2n) is 3.72. The van der Waals surface area contributed by atoms with Gasteiger partial charge in [-0.25, -0.2) is 4.39 Å². The molecule has 17 heavy (non-hydrogen) atoms. The van der Waals surface area contributed by atoms with Crippen molar-refractivity contribution in [2.24, 2.45) is 0 Å². The second kappa shape index (κ2) is 8.03. The fraction of sp³-hybridized carbons (Fsp3) is 0.538. The maximum atomic E-state index is 13.2. The summed E-state index contributed by atoms with van der Waals surface area (Å²) in [7, 11) is 1.66. The van der Waals surface area contributed by atoms with Crippen molar-refractivity contribution in [2.75, 3.05) is 33.5 Å². The molecule has 0 atom stereocenters. The van der Waals surface area contributed by atoms with Gasteiger partial charge in [0.2, 0.25) is 0 Å². The molecular formula is C13H19FO3. The molecule has 3 nitrogen and oxygen atoms in total. The maximum absolute atomic E-state index is 13.2. The van der Waals surface area contributed by atoms with Crippen molar-refractivity contribution in [1.82, 2.24) is 0 Å². The predicted octanol–water partition coefficient (Wildman–Crippen LogP) is 2.57. The third-order valence-electron chi connectivity index (χ3n) is 2.28. The summed E-state index contributed by atoms with van der Waals surface area (Å²) in [5.74, 6) is 0.289. The first-order valence-corrected chi connectivity index (χ1v) is 5.69. The number of aryl methyl sites for hydroxylation is 1. The molecule has 0 unspecified atom stereocenters. The molecule has 1 aromatic carbocycles. The second-order valence-corrected chi connectivity index (χ2v) is 3.72. The van der Waals surface area contributed by atoms with E-state index in [0.717, 1.165) is 6.42 Å². The van der Waals surface area contributed by atoms with E-state index in [1.807, 2.05) is 0 Å². The molecule has 0 aliphatic rings. The van der Waals surface area contributed by atoms with E-state index in [1.165, 1.54) is 6.07 Å². The zero-order valence-corrected chi connectivity index (χ0v) is 10.4.